The van der Waals surface area contributed by atoms with Crippen molar-refractivity contribution in [1.82, 2.24) is 20.4 Å². The van der Waals surface area contributed by atoms with E-state index >= 15 is 0 Å². The topological polar surface area (TPSA) is 52.1 Å². The Morgan fingerprint density at radius 3 is 2.61 bits per heavy atom. The number of piperidine rings is 1. The van der Waals surface area contributed by atoms with E-state index in [1.807, 2.05) is 7.05 Å². The van der Waals surface area contributed by atoms with Gasteiger partial charge in [0.2, 0.25) is 0 Å². The summed E-state index contributed by atoms with van der Waals surface area (Å²) in [5.41, 5.74) is 0. The third-order valence-electron chi connectivity index (χ3n) is 4.90. The first-order chi connectivity index (χ1) is 11.3. The molecule has 1 atom stereocenters. The van der Waals surface area contributed by atoms with Crippen LogP contribution in [0.3, 0.4) is 0 Å². The number of hydrogen-bond donors (Lipinski definition) is 2. The van der Waals surface area contributed by atoms with Gasteiger partial charge in [-0.2, -0.15) is 0 Å². The van der Waals surface area contributed by atoms with Gasteiger partial charge in [-0.1, -0.05) is 6.42 Å². The van der Waals surface area contributed by atoms with Gasteiger partial charge in [-0.05, 0) is 32.7 Å². The molecular formula is C17H35N5O. The summed E-state index contributed by atoms with van der Waals surface area (Å²) in [4.78, 5) is 9.36. The molecule has 2 fully saturated rings. The van der Waals surface area contributed by atoms with Crippen LogP contribution in [0.25, 0.3) is 0 Å². The van der Waals surface area contributed by atoms with E-state index in [9.17, 15) is 0 Å². The Bertz CT molecular complexity index is 344. The molecule has 23 heavy (non-hydrogen) atoms. The molecule has 6 nitrogen and oxygen atoms in total. The fourth-order valence-corrected chi connectivity index (χ4v) is 3.36. The van der Waals surface area contributed by atoms with Crippen LogP contribution < -0.4 is 10.6 Å². The quantitative estimate of drug-likeness (QED) is 0.411. The Labute approximate surface area is 141 Å². The predicted octanol–water partition coefficient (Wildman–Crippen LogP) is 0.748. The van der Waals surface area contributed by atoms with Gasteiger partial charge in [-0.15, -0.1) is 0 Å². The van der Waals surface area contributed by atoms with Crippen LogP contribution in [0.5, 0.6) is 0 Å². The maximum Gasteiger partial charge on any atom is 0.191 e. The third-order valence-corrected chi connectivity index (χ3v) is 4.90. The molecule has 2 saturated heterocycles. The number of likely N-dealkylation sites (tertiary alicyclic amines) is 1. The van der Waals surface area contributed by atoms with Gasteiger partial charge in [0.15, 0.2) is 5.96 Å². The number of ether oxygens (including phenoxy) is 1. The van der Waals surface area contributed by atoms with Gasteiger partial charge < -0.3 is 20.3 Å². The third kappa shape index (κ3) is 7.06. The molecule has 0 aliphatic carbocycles. The lowest BCUT2D eigenvalue weighted by Crippen LogP contribution is -2.45. The molecule has 2 aliphatic heterocycles. The van der Waals surface area contributed by atoms with E-state index in [0.29, 0.717) is 0 Å². The van der Waals surface area contributed by atoms with Gasteiger partial charge in [-0.25, -0.2) is 0 Å². The highest BCUT2D eigenvalue weighted by Gasteiger charge is 2.17. The first-order valence-electron chi connectivity index (χ1n) is 9.28. The van der Waals surface area contributed by atoms with E-state index in [4.69, 9.17) is 4.74 Å². The summed E-state index contributed by atoms with van der Waals surface area (Å²) in [6.45, 7) is 11.6. The molecule has 0 aromatic heterocycles. The maximum absolute atomic E-state index is 5.37. The van der Waals surface area contributed by atoms with Crippen LogP contribution in [0.2, 0.25) is 0 Å². The van der Waals surface area contributed by atoms with Crippen LogP contribution in [-0.4, -0.2) is 87.9 Å². The summed E-state index contributed by atoms with van der Waals surface area (Å²) in [5.74, 6) is 0.921. The zero-order chi connectivity index (χ0) is 16.3. The minimum absolute atomic E-state index is 0.759. The number of guanidine groups is 1. The summed E-state index contributed by atoms with van der Waals surface area (Å²) in [6, 6.07) is 0.759. The predicted molar refractivity (Wildman–Crippen MR) is 96.1 cm³/mol. The van der Waals surface area contributed by atoms with Crippen molar-refractivity contribution < 1.29 is 4.74 Å². The van der Waals surface area contributed by atoms with Crippen LogP contribution in [0.15, 0.2) is 4.99 Å². The van der Waals surface area contributed by atoms with Crippen molar-refractivity contribution in [2.45, 2.75) is 38.6 Å². The van der Waals surface area contributed by atoms with Crippen LogP contribution in [0.1, 0.15) is 32.6 Å². The summed E-state index contributed by atoms with van der Waals surface area (Å²) in [6.07, 6.45) is 5.30. The van der Waals surface area contributed by atoms with Crippen LogP contribution in [0, 0.1) is 0 Å². The Hall–Kier alpha value is -0.850. The van der Waals surface area contributed by atoms with Gasteiger partial charge in [0.1, 0.15) is 0 Å². The summed E-state index contributed by atoms with van der Waals surface area (Å²) >= 11 is 0. The molecule has 2 rings (SSSR count). The zero-order valence-electron chi connectivity index (χ0n) is 15.0. The zero-order valence-corrected chi connectivity index (χ0v) is 15.0. The summed E-state index contributed by atoms with van der Waals surface area (Å²) < 4.78 is 5.37. The summed E-state index contributed by atoms with van der Waals surface area (Å²) in [5, 5.41) is 6.84. The van der Waals surface area contributed by atoms with Crippen molar-refractivity contribution in [2.24, 2.45) is 4.99 Å². The van der Waals surface area contributed by atoms with E-state index in [-0.39, 0.29) is 0 Å². The number of aliphatic imine (C=N–C) groups is 1. The molecule has 2 heterocycles. The van der Waals surface area contributed by atoms with E-state index in [2.05, 4.69) is 32.3 Å². The molecule has 0 aromatic rings. The monoisotopic (exact) mass is 325 g/mol. The molecule has 2 N–H and O–H groups in total. The second kappa shape index (κ2) is 10.8. The van der Waals surface area contributed by atoms with Crippen molar-refractivity contribution in [3.8, 4) is 0 Å². The molecule has 2 aliphatic rings. The van der Waals surface area contributed by atoms with Gasteiger partial charge >= 0.3 is 0 Å². The van der Waals surface area contributed by atoms with E-state index < -0.39 is 0 Å². The molecule has 134 valence electrons. The number of nitrogens with one attached hydrogen (secondary N) is 2. The molecule has 1 unspecified atom stereocenters. The van der Waals surface area contributed by atoms with Crippen LogP contribution in [0.4, 0.5) is 0 Å². The fourth-order valence-electron chi connectivity index (χ4n) is 3.36. The molecule has 0 saturated carbocycles. The smallest absolute Gasteiger partial charge is 0.191 e. The van der Waals surface area contributed by atoms with Crippen LogP contribution in [-0.2, 0) is 4.74 Å². The SMILES string of the molecule is CN=C(NCCCN1CCCCC1C)NCCN1CCOCC1. The Balaban J connectivity index is 1.52. The lowest BCUT2D eigenvalue weighted by Gasteiger charge is -2.33. The summed E-state index contributed by atoms with van der Waals surface area (Å²) in [7, 11) is 1.84. The van der Waals surface area contributed by atoms with Crippen molar-refractivity contribution in [3.05, 3.63) is 0 Å². The minimum Gasteiger partial charge on any atom is -0.379 e. The highest BCUT2D eigenvalue weighted by molar-refractivity contribution is 5.79. The van der Waals surface area contributed by atoms with Crippen molar-refractivity contribution in [1.29, 1.82) is 0 Å². The number of morpholine rings is 1. The van der Waals surface area contributed by atoms with Crippen LogP contribution >= 0.6 is 0 Å². The Kier molecular flexibility index (Phi) is 8.71. The van der Waals surface area contributed by atoms with Gasteiger partial charge in [0.25, 0.3) is 0 Å². The van der Waals surface area contributed by atoms with Gasteiger partial charge in [-0.3, -0.25) is 9.89 Å². The van der Waals surface area contributed by atoms with E-state index in [1.54, 1.807) is 0 Å². The number of rotatable bonds is 7. The average molecular weight is 326 g/mol. The standard InChI is InChI=1S/C17H35N5O/c1-16-6-3-4-9-22(16)10-5-7-19-17(18-2)20-8-11-21-12-14-23-15-13-21/h16H,3-15H2,1-2H3,(H2,18,19,20). The van der Waals surface area contributed by atoms with Gasteiger partial charge in [0, 0.05) is 52.4 Å². The fraction of sp³-hybridized carbons (Fsp3) is 0.941. The number of hydrogen-bond acceptors (Lipinski definition) is 4. The molecule has 6 heteroatoms. The molecule has 0 aromatic carbocycles. The maximum atomic E-state index is 5.37. The molecule has 0 spiro atoms. The first kappa shape index (κ1) is 18.5. The highest BCUT2D eigenvalue weighted by atomic mass is 16.5. The second-order valence-corrected chi connectivity index (χ2v) is 6.61. The van der Waals surface area contributed by atoms with E-state index in [0.717, 1.165) is 57.9 Å². The lowest BCUT2D eigenvalue weighted by atomic mass is 10.0. The normalized spacial score (nSPS) is 24.6. The number of nitrogens with zero attached hydrogens (tertiary/aromatic N) is 3. The van der Waals surface area contributed by atoms with Crippen molar-refractivity contribution in [2.75, 3.05) is 66.1 Å². The average Bonchev–Trinajstić information content (AvgIpc) is 2.59. The van der Waals surface area contributed by atoms with Gasteiger partial charge in [0.05, 0.1) is 13.2 Å². The van der Waals surface area contributed by atoms with Crippen molar-refractivity contribution >= 4 is 5.96 Å². The minimum atomic E-state index is 0.759. The molecule has 0 bridgehead atoms. The molecular weight excluding hydrogens is 290 g/mol. The van der Waals surface area contributed by atoms with Crippen molar-refractivity contribution in [3.63, 3.8) is 0 Å². The largest absolute Gasteiger partial charge is 0.379 e. The highest BCUT2D eigenvalue weighted by Crippen LogP contribution is 2.15. The second-order valence-electron chi connectivity index (χ2n) is 6.61. The Morgan fingerprint density at radius 2 is 1.87 bits per heavy atom. The lowest BCUT2D eigenvalue weighted by molar-refractivity contribution is 0.0389. The Morgan fingerprint density at radius 1 is 1.09 bits per heavy atom. The molecule has 0 radical (unpaired) electrons. The first-order valence-corrected chi connectivity index (χ1v) is 9.28. The molecule has 0 amide bonds. The van der Waals surface area contributed by atoms with E-state index in [1.165, 1.54) is 38.8 Å².